The van der Waals surface area contributed by atoms with Crippen molar-refractivity contribution in [2.45, 2.75) is 26.4 Å². The molecule has 1 heterocycles. The molecular formula is C18H20BrN2O+. The monoisotopic (exact) mass is 359 g/mol. The molecule has 0 radical (unpaired) electrons. The molecule has 114 valence electrons. The molecule has 4 heteroatoms. The highest BCUT2D eigenvalue weighted by molar-refractivity contribution is 8.93. The standard InChI is InChI=1S/C18H19N2O.BrH/c1-2-12-19-14-20(17-11-7-6-10-16(17)19)13-18(21)15-8-4-3-5-9-15;/h3-11,14H,2,12-13H2,1H3;1H/q+1;. The van der Waals surface area contributed by atoms with E-state index in [0.717, 1.165) is 24.0 Å². The number of fused-ring (bicyclic) bond motifs is 1. The maximum absolute atomic E-state index is 12.4. The third-order valence-corrected chi connectivity index (χ3v) is 3.65. The summed E-state index contributed by atoms with van der Waals surface area (Å²) in [5, 5.41) is 0. The Morgan fingerprint density at radius 1 is 1.05 bits per heavy atom. The summed E-state index contributed by atoms with van der Waals surface area (Å²) in [5.41, 5.74) is 3.05. The van der Waals surface area contributed by atoms with E-state index >= 15 is 0 Å². The van der Waals surface area contributed by atoms with E-state index < -0.39 is 0 Å². The van der Waals surface area contributed by atoms with Gasteiger partial charge in [-0.1, -0.05) is 49.4 Å². The zero-order chi connectivity index (χ0) is 14.7. The lowest BCUT2D eigenvalue weighted by Crippen LogP contribution is -2.36. The summed E-state index contributed by atoms with van der Waals surface area (Å²) in [6, 6.07) is 17.7. The number of nitrogens with zero attached hydrogens (tertiary/aromatic N) is 2. The van der Waals surface area contributed by atoms with Crippen LogP contribution in [-0.2, 0) is 13.1 Å². The molecule has 0 saturated heterocycles. The number of carbonyl (C=O) groups excluding carboxylic acids is 1. The molecule has 0 aliphatic rings. The van der Waals surface area contributed by atoms with Crippen LogP contribution in [0.25, 0.3) is 11.0 Å². The van der Waals surface area contributed by atoms with Crippen LogP contribution in [0.5, 0.6) is 0 Å². The third-order valence-electron chi connectivity index (χ3n) is 3.65. The van der Waals surface area contributed by atoms with Gasteiger partial charge in [-0.2, -0.15) is 0 Å². The zero-order valence-corrected chi connectivity index (χ0v) is 14.3. The molecule has 0 aliphatic heterocycles. The van der Waals surface area contributed by atoms with E-state index in [-0.39, 0.29) is 22.8 Å². The molecule has 0 amide bonds. The smallest absolute Gasteiger partial charge is 0.245 e. The van der Waals surface area contributed by atoms with Gasteiger partial charge in [-0.25, -0.2) is 9.13 Å². The summed E-state index contributed by atoms with van der Waals surface area (Å²) < 4.78 is 4.26. The van der Waals surface area contributed by atoms with Gasteiger partial charge >= 0.3 is 0 Å². The number of halogens is 1. The number of imidazole rings is 1. The Morgan fingerprint density at radius 3 is 2.45 bits per heavy atom. The van der Waals surface area contributed by atoms with Crippen LogP contribution < -0.4 is 4.57 Å². The minimum atomic E-state index is 0. The molecule has 1 aromatic heterocycles. The number of para-hydroxylation sites is 2. The highest BCUT2D eigenvalue weighted by Gasteiger charge is 2.17. The number of ketones is 1. The average Bonchev–Trinajstić information content (AvgIpc) is 2.87. The molecule has 3 nitrogen and oxygen atoms in total. The number of hydrogen-bond donors (Lipinski definition) is 0. The van der Waals surface area contributed by atoms with Gasteiger partial charge in [0.25, 0.3) is 0 Å². The molecule has 0 N–H and O–H groups in total. The Hall–Kier alpha value is -1.94. The topological polar surface area (TPSA) is 25.9 Å². The SMILES string of the molecule is Br.CCCn1c[n+](CC(=O)c2ccccc2)c2ccccc21. The van der Waals surface area contributed by atoms with E-state index in [1.54, 1.807) is 0 Å². The van der Waals surface area contributed by atoms with Crippen LogP contribution in [-0.4, -0.2) is 10.4 Å². The van der Waals surface area contributed by atoms with E-state index in [0.29, 0.717) is 6.54 Å². The minimum Gasteiger partial charge on any atom is -0.290 e. The maximum Gasteiger partial charge on any atom is 0.245 e. The maximum atomic E-state index is 12.4. The van der Waals surface area contributed by atoms with Gasteiger partial charge in [0, 0.05) is 5.56 Å². The van der Waals surface area contributed by atoms with Crippen molar-refractivity contribution in [1.82, 2.24) is 4.57 Å². The molecular weight excluding hydrogens is 340 g/mol. The second-order valence-corrected chi connectivity index (χ2v) is 5.21. The first-order valence-corrected chi connectivity index (χ1v) is 7.35. The van der Waals surface area contributed by atoms with E-state index in [9.17, 15) is 4.79 Å². The average molecular weight is 360 g/mol. The van der Waals surface area contributed by atoms with Gasteiger partial charge in [0.05, 0.1) is 6.54 Å². The molecule has 0 fully saturated rings. The normalized spacial score (nSPS) is 10.4. The summed E-state index contributed by atoms with van der Waals surface area (Å²) >= 11 is 0. The Balaban J connectivity index is 0.00000176. The van der Waals surface area contributed by atoms with Crippen LogP contribution in [0.2, 0.25) is 0 Å². The lowest BCUT2D eigenvalue weighted by atomic mass is 10.1. The molecule has 3 aromatic rings. The van der Waals surface area contributed by atoms with E-state index in [1.165, 1.54) is 5.52 Å². The first kappa shape index (κ1) is 16.4. The number of Topliss-reactive ketones (excluding diaryl/α,β-unsaturated/α-hetero) is 1. The van der Waals surface area contributed by atoms with Crippen molar-refractivity contribution in [3.05, 3.63) is 66.5 Å². The Bertz CT molecular complexity index is 765. The third kappa shape index (κ3) is 3.28. The first-order chi connectivity index (χ1) is 10.3. The number of hydrogen-bond acceptors (Lipinski definition) is 1. The Morgan fingerprint density at radius 2 is 1.73 bits per heavy atom. The second-order valence-electron chi connectivity index (χ2n) is 5.21. The number of aryl methyl sites for hydroxylation is 1. The quantitative estimate of drug-likeness (QED) is 0.502. The van der Waals surface area contributed by atoms with Gasteiger partial charge in [-0.05, 0) is 18.6 Å². The lowest BCUT2D eigenvalue weighted by Gasteiger charge is -1.98. The summed E-state index contributed by atoms with van der Waals surface area (Å²) in [6.45, 7) is 3.50. The molecule has 0 spiro atoms. The Kier molecular flexibility index (Phi) is 5.50. The van der Waals surface area contributed by atoms with Crippen LogP contribution in [0.1, 0.15) is 23.7 Å². The van der Waals surface area contributed by atoms with Gasteiger partial charge in [-0.15, -0.1) is 17.0 Å². The fourth-order valence-corrected chi connectivity index (χ4v) is 2.66. The number of aromatic nitrogens is 2. The van der Waals surface area contributed by atoms with Gasteiger partial charge in [0.15, 0.2) is 17.6 Å². The fraction of sp³-hybridized carbons (Fsp3) is 0.222. The van der Waals surface area contributed by atoms with E-state index in [1.807, 2.05) is 47.0 Å². The van der Waals surface area contributed by atoms with Crippen molar-refractivity contribution in [1.29, 1.82) is 0 Å². The van der Waals surface area contributed by atoms with Crippen molar-refractivity contribution in [3.63, 3.8) is 0 Å². The molecule has 2 aromatic carbocycles. The predicted molar refractivity (Wildman–Crippen MR) is 93.5 cm³/mol. The number of carbonyl (C=O) groups is 1. The molecule has 0 unspecified atom stereocenters. The summed E-state index contributed by atoms with van der Waals surface area (Å²) in [5.74, 6) is 0.139. The van der Waals surface area contributed by atoms with Crippen molar-refractivity contribution in [2.24, 2.45) is 0 Å². The summed E-state index contributed by atoms with van der Waals surface area (Å²) in [4.78, 5) is 12.4. The molecule has 22 heavy (non-hydrogen) atoms. The van der Waals surface area contributed by atoms with Crippen molar-refractivity contribution >= 4 is 33.8 Å². The minimum absolute atomic E-state index is 0. The van der Waals surface area contributed by atoms with Gasteiger partial charge < -0.3 is 0 Å². The molecule has 0 bridgehead atoms. The van der Waals surface area contributed by atoms with Crippen molar-refractivity contribution < 1.29 is 9.36 Å². The summed E-state index contributed by atoms with van der Waals surface area (Å²) in [6.07, 6.45) is 3.13. The summed E-state index contributed by atoms with van der Waals surface area (Å²) in [7, 11) is 0. The van der Waals surface area contributed by atoms with Crippen molar-refractivity contribution in [3.8, 4) is 0 Å². The van der Waals surface area contributed by atoms with Crippen LogP contribution >= 0.6 is 17.0 Å². The van der Waals surface area contributed by atoms with E-state index in [4.69, 9.17) is 0 Å². The predicted octanol–water partition coefficient (Wildman–Crippen LogP) is 3.80. The number of rotatable bonds is 5. The van der Waals surface area contributed by atoms with Crippen LogP contribution in [0.15, 0.2) is 60.9 Å². The van der Waals surface area contributed by atoms with Crippen LogP contribution in [0.4, 0.5) is 0 Å². The van der Waals surface area contributed by atoms with Crippen molar-refractivity contribution in [2.75, 3.05) is 0 Å². The highest BCUT2D eigenvalue weighted by Crippen LogP contribution is 2.11. The molecule has 3 rings (SSSR count). The van der Waals surface area contributed by atoms with Gasteiger partial charge in [0.2, 0.25) is 12.1 Å². The second kappa shape index (κ2) is 7.36. The number of benzene rings is 2. The Labute approximate surface area is 141 Å². The van der Waals surface area contributed by atoms with Gasteiger partial charge in [-0.3, -0.25) is 4.79 Å². The fourth-order valence-electron chi connectivity index (χ4n) is 2.66. The molecule has 0 aliphatic carbocycles. The van der Waals surface area contributed by atoms with Crippen LogP contribution in [0.3, 0.4) is 0 Å². The molecule has 0 atom stereocenters. The van der Waals surface area contributed by atoms with E-state index in [2.05, 4.69) is 30.0 Å². The van der Waals surface area contributed by atoms with Crippen LogP contribution in [0, 0.1) is 0 Å². The highest BCUT2D eigenvalue weighted by atomic mass is 79.9. The largest absolute Gasteiger partial charge is 0.290 e. The zero-order valence-electron chi connectivity index (χ0n) is 12.6. The molecule has 0 saturated carbocycles. The first-order valence-electron chi connectivity index (χ1n) is 7.35. The van der Waals surface area contributed by atoms with Gasteiger partial charge in [0.1, 0.15) is 0 Å². The lowest BCUT2D eigenvalue weighted by molar-refractivity contribution is -0.658.